The van der Waals surface area contributed by atoms with Crippen molar-refractivity contribution in [2.75, 3.05) is 0 Å². The monoisotopic (exact) mass is 894 g/mol. The average molecular weight is 895 g/mol. The van der Waals surface area contributed by atoms with Gasteiger partial charge >= 0.3 is 7.12 Å². The molecule has 1 atom stereocenters. The summed E-state index contributed by atoms with van der Waals surface area (Å²) in [4.78, 5) is 10.9. The molecule has 14 aromatic rings. The maximum Gasteiger partial charge on any atom is 0.494 e. The van der Waals surface area contributed by atoms with Crippen LogP contribution in [-0.2, 0) is 15.7 Å². The first-order valence-corrected chi connectivity index (χ1v) is 24.7. The average Bonchev–Trinajstić information content (AvgIpc) is 4.01. The van der Waals surface area contributed by atoms with Crippen molar-refractivity contribution < 1.29 is 9.31 Å². The summed E-state index contributed by atoms with van der Waals surface area (Å²) in [5, 5.41) is 17.7. The van der Waals surface area contributed by atoms with Gasteiger partial charge in [-0.2, -0.15) is 0 Å². The Labute approximate surface area is 393 Å². The molecule has 11 aromatic carbocycles. The fourth-order valence-corrected chi connectivity index (χ4v) is 13.9. The van der Waals surface area contributed by atoms with E-state index in [1.807, 2.05) is 22.7 Å². The minimum Gasteiger partial charge on any atom is -0.399 e. The predicted molar refractivity (Wildman–Crippen MR) is 286 cm³/mol. The van der Waals surface area contributed by atoms with E-state index in [-0.39, 0.29) is 0 Å². The van der Waals surface area contributed by atoms with Crippen molar-refractivity contribution in [2.24, 2.45) is 0 Å². The molecule has 4 nitrogen and oxygen atoms in total. The van der Waals surface area contributed by atoms with Crippen molar-refractivity contribution in [1.29, 1.82) is 0 Å². The molecule has 15 rings (SSSR count). The lowest BCUT2D eigenvalue weighted by molar-refractivity contribution is -0.00875. The van der Waals surface area contributed by atoms with Crippen LogP contribution in [-0.4, -0.2) is 28.3 Å². The number of benzene rings is 11. The molecule has 1 saturated heterocycles. The zero-order chi connectivity index (χ0) is 44.3. The van der Waals surface area contributed by atoms with Crippen LogP contribution in [0, 0.1) is 0 Å². The standard InChI is InChI=1S/C60H39BN2O2S2/c1-59(2)60(3,65-61(64-59)37-30-46-40-18-10-9-17-39(40)42-19-11-21-48-52(42)55(46)51(31-37)67-48)32-33-23-25-41-44(27-33)43-20-12-22-49-53(43)54-45(41)28-36(29-50(54)66-49)57-56(35-14-5-4-6-15-35)63-58-38-16-8-7-13-34(38)24-26-47(58)62-57/h4-31H,32H2,1-3H3. The van der Waals surface area contributed by atoms with Crippen molar-refractivity contribution in [3.8, 4) is 22.5 Å². The van der Waals surface area contributed by atoms with Gasteiger partial charge in [-0.3, -0.25) is 0 Å². The van der Waals surface area contributed by atoms with E-state index in [0.717, 1.165) is 49.8 Å². The lowest BCUT2D eigenvalue weighted by Crippen LogP contribution is -2.46. The molecular formula is C60H39BN2O2S2. The third-order valence-electron chi connectivity index (χ3n) is 15.1. The number of hydrogen-bond acceptors (Lipinski definition) is 6. The number of fused-ring (bicyclic) bond motifs is 9. The maximum atomic E-state index is 7.21. The lowest BCUT2D eigenvalue weighted by atomic mass is 9.77. The molecule has 4 heterocycles. The molecule has 316 valence electrons. The number of rotatable bonds is 5. The van der Waals surface area contributed by atoms with Crippen LogP contribution in [0.4, 0.5) is 0 Å². The van der Waals surface area contributed by atoms with Crippen LogP contribution in [0.5, 0.6) is 0 Å². The minimum absolute atomic E-state index is 0.507. The highest BCUT2D eigenvalue weighted by Gasteiger charge is 2.54. The molecule has 7 heteroatoms. The quantitative estimate of drug-likeness (QED) is 0.128. The van der Waals surface area contributed by atoms with Crippen molar-refractivity contribution in [3.05, 3.63) is 175 Å². The third-order valence-corrected chi connectivity index (χ3v) is 17.3. The molecule has 0 spiro atoms. The minimum atomic E-state index is -0.612. The molecule has 1 fully saturated rings. The van der Waals surface area contributed by atoms with Crippen LogP contribution in [0.1, 0.15) is 26.3 Å². The summed E-state index contributed by atoms with van der Waals surface area (Å²) in [6, 6.07) is 62.0. The smallest absolute Gasteiger partial charge is 0.399 e. The van der Waals surface area contributed by atoms with Crippen molar-refractivity contribution in [3.63, 3.8) is 0 Å². The van der Waals surface area contributed by atoms with Crippen molar-refractivity contribution >= 4 is 140 Å². The molecule has 1 unspecified atom stereocenters. The fourth-order valence-electron chi connectivity index (χ4n) is 11.5. The van der Waals surface area contributed by atoms with E-state index in [9.17, 15) is 0 Å². The molecule has 1 aliphatic rings. The predicted octanol–water partition coefficient (Wildman–Crippen LogP) is 15.9. The topological polar surface area (TPSA) is 44.2 Å². The van der Waals surface area contributed by atoms with Crippen LogP contribution < -0.4 is 5.46 Å². The van der Waals surface area contributed by atoms with Gasteiger partial charge in [-0.1, -0.05) is 133 Å². The van der Waals surface area contributed by atoms with E-state index in [1.165, 1.54) is 89.0 Å². The Morgan fingerprint density at radius 1 is 0.448 bits per heavy atom. The highest BCUT2D eigenvalue weighted by Crippen LogP contribution is 2.49. The Morgan fingerprint density at radius 3 is 1.84 bits per heavy atom. The fraction of sp³-hybridized carbons (Fsp3) is 0.100. The zero-order valence-electron chi connectivity index (χ0n) is 37.0. The summed E-state index contributed by atoms with van der Waals surface area (Å²) in [5.74, 6) is 0. The van der Waals surface area contributed by atoms with Gasteiger partial charge in [0.05, 0.1) is 33.6 Å². The summed E-state index contributed by atoms with van der Waals surface area (Å²) < 4.78 is 19.3. The van der Waals surface area contributed by atoms with Crippen molar-refractivity contribution in [2.45, 2.75) is 38.4 Å². The Bertz CT molecular complexity index is 4390. The number of aromatic nitrogens is 2. The summed E-state index contributed by atoms with van der Waals surface area (Å²) in [7, 11) is -0.507. The van der Waals surface area contributed by atoms with E-state index in [0.29, 0.717) is 6.42 Å². The second-order valence-electron chi connectivity index (χ2n) is 19.3. The molecule has 0 radical (unpaired) electrons. The first kappa shape index (κ1) is 38.1. The first-order valence-electron chi connectivity index (χ1n) is 23.1. The molecule has 0 bridgehead atoms. The zero-order valence-corrected chi connectivity index (χ0v) is 38.6. The molecule has 0 saturated carbocycles. The van der Waals surface area contributed by atoms with Gasteiger partial charge in [-0.15, -0.1) is 22.7 Å². The number of hydrogen-bond donors (Lipinski definition) is 0. The SMILES string of the molecule is CC1(C)OB(c2cc3sc4cccc5c6ccccc6c(c2)c3c45)OC1(C)Cc1ccc2c(c1)c1cccc3sc4cc(-c5nc6ccc7ccccc7c6nc5-c5ccccc5)cc2c4c31. The normalized spacial score (nSPS) is 16.7. The number of thiophene rings is 2. The van der Waals surface area contributed by atoms with E-state index >= 15 is 0 Å². The van der Waals surface area contributed by atoms with Gasteiger partial charge in [0.25, 0.3) is 0 Å². The molecule has 67 heavy (non-hydrogen) atoms. The van der Waals surface area contributed by atoms with Crippen LogP contribution >= 0.6 is 22.7 Å². The second kappa shape index (κ2) is 13.6. The van der Waals surface area contributed by atoms with Gasteiger partial charge in [0.2, 0.25) is 0 Å². The van der Waals surface area contributed by atoms with Crippen molar-refractivity contribution in [1.82, 2.24) is 9.97 Å². The van der Waals surface area contributed by atoms with Crippen LogP contribution in [0.3, 0.4) is 0 Å². The summed E-state index contributed by atoms with van der Waals surface area (Å²) in [5.41, 5.74) is 6.80. The molecule has 0 amide bonds. The summed E-state index contributed by atoms with van der Waals surface area (Å²) in [6.45, 7) is 6.62. The van der Waals surface area contributed by atoms with Gasteiger partial charge in [-0.25, -0.2) is 9.97 Å². The Morgan fingerprint density at radius 2 is 1.06 bits per heavy atom. The van der Waals surface area contributed by atoms with E-state index in [1.54, 1.807) is 0 Å². The largest absolute Gasteiger partial charge is 0.494 e. The highest BCUT2D eigenvalue weighted by molar-refractivity contribution is 7.26. The second-order valence-corrected chi connectivity index (χ2v) is 21.4. The Balaban J connectivity index is 0.862. The molecule has 0 N–H and O–H groups in total. The van der Waals surface area contributed by atoms with Gasteiger partial charge in [-0.05, 0) is 117 Å². The van der Waals surface area contributed by atoms with Gasteiger partial charge in [0.15, 0.2) is 0 Å². The highest BCUT2D eigenvalue weighted by atomic mass is 32.1. The Hall–Kier alpha value is -7.00. The van der Waals surface area contributed by atoms with E-state index in [2.05, 4.69) is 191 Å². The lowest BCUT2D eigenvalue weighted by Gasteiger charge is -2.36. The third kappa shape index (κ3) is 5.37. The summed E-state index contributed by atoms with van der Waals surface area (Å²) in [6.07, 6.45) is 0.692. The molecule has 1 aliphatic heterocycles. The van der Waals surface area contributed by atoms with E-state index < -0.39 is 18.3 Å². The van der Waals surface area contributed by atoms with Crippen LogP contribution in [0.25, 0.3) is 128 Å². The van der Waals surface area contributed by atoms with Gasteiger partial charge in [0.1, 0.15) is 0 Å². The van der Waals surface area contributed by atoms with Gasteiger partial charge < -0.3 is 9.31 Å². The van der Waals surface area contributed by atoms with Gasteiger partial charge in [0, 0.05) is 63.3 Å². The first-order chi connectivity index (χ1) is 32.8. The molecule has 3 aromatic heterocycles. The number of nitrogens with zero attached hydrogens (tertiary/aromatic N) is 2. The summed E-state index contributed by atoms with van der Waals surface area (Å²) >= 11 is 3.73. The molecule has 0 aliphatic carbocycles. The van der Waals surface area contributed by atoms with Crippen LogP contribution in [0.15, 0.2) is 170 Å². The molecular weight excluding hydrogens is 856 g/mol. The maximum absolute atomic E-state index is 7.21. The van der Waals surface area contributed by atoms with Crippen LogP contribution in [0.2, 0.25) is 0 Å². The van der Waals surface area contributed by atoms with E-state index in [4.69, 9.17) is 19.3 Å². The Kier molecular flexibility index (Phi) is 7.72.